The van der Waals surface area contributed by atoms with Gasteiger partial charge in [-0.25, -0.2) is 0 Å². The predicted molar refractivity (Wildman–Crippen MR) is 69.7 cm³/mol. The van der Waals surface area contributed by atoms with Crippen LogP contribution in [-0.4, -0.2) is 55.4 Å². The van der Waals surface area contributed by atoms with Crippen molar-refractivity contribution in [2.24, 2.45) is 0 Å². The minimum atomic E-state index is -1.28. The molecule has 1 atom stereocenters. The van der Waals surface area contributed by atoms with Crippen molar-refractivity contribution >= 4 is 17.7 Å². The molecule has 0 radical (unpaired) electrons. The SMILES string of the molecule is CC(O)(CO)CNC(=O)CSc1nncn1C1CC1. The van der Waals surface area contributed by atoms with E-state index in [0.29, 0.717) is 6.04 Å². The summed E-state index contributed by atoms with van der Waals surface area (Å²) in [5.74, 6) is 0.0106. The van der Waals surface area contributed by atoms with Crippen molar-refractivity contribution in [3.8, 4) is 0 Å². The van der Waals surface area contributed by atoms with E-state index in [-0.39, 0.29) is 18.2 Å². The second-order valence-electron chi connectivity index (χ2n) is 4.97. The van der Waals surface area contributed by atoms with Crippen LogP contribution in [0.15, 0.2) is 11.5 Å². The summed E-state index contributed by atoms with van der Waals surface area (Å²) in [7, 11) is 0. The standard InChI is InChI=1S/C11H18N4O3S/c1-11(18,6-16)5-12-9(17)4-19-10-14-13-7-15(10)8-2-3-8/h7-8,16,18H,2-6H2,1H3,(H,12,17). The van der Waals surface area contributed by atoms with Gasteiger partial charge in [-0.15, -0.1) is 10.2 Å². The lowest BCUT2D eigenvalue weighted by atomic mass is 10.1. The number of carbonyl (C=O) groups is 1. The van der Waals surface area contributed by atoms with Crippen molar-refractivity contribution < 1.29 is 15.0 Å². The molecule has 1 aromatic rings. The van der Waals surface area contributed by atoms with E-state index < -0.39 is 12.2 Å². The number of amides is 1. The highest BCUT2D eigenvalue weighted by molar-refractivity contribution is 7.99. The Bertz CT molecular complexity index is 445. The van der Waals surface area contributed by atoms with Crippen LogP contribution in [0.2, 0.25) is 0 Å². The third-order valence-corrected chi connectivity index (χ3v) is 3.78. The minimum absolute atomic E-state index is 0.0260. The summed E-state index contributed by atoms with van der Waals surface area (Å²) >= 11 is 1.32. The fourth-order valence-electron chi connectivity index (χ4n) is 1.46. The van der Waals surface area contributed by atoms with Crippen LogP contribution >= 0.6 is 11.8 Å². The highest BCUT2D eigenvalue weighted by Crippen LogP contribution is 2.37. The Labute approximate surface area is 115 Å². The fourth-order valence-corrected chi connectivity index (χ4v) is 2.28. The van der Waals surface area contributed by atoms with Crippen LogP contribution in [0.3, 0.4) is 0 Å². The maximum Gasteiger partial charge on any atom is 0.230 e. The Balaban J connectivity index is 1.75. The van der Waals surface area contributed by atoms with Gasteiger partial charge in [0.15, 0.2) is 5.16 Å². The number of aliphatic hydroxyl groups is 2. The largest absolute Gasteiger partial charge is 0.393 e. The van der Waals surface area contributed by atoms with Crippen LogP contribution in [0.1, 0.15) is 25.8 Å². The Morgan fingerprint density at radius 2 is 2.42 bits per heavy atom. The zero-order chi connectivity index (χ0) is 13.9. The predicted octanol–water partition coefficient (Wildman–Crippen LogP) is -0.435. The average molecular weight is 286 g/mol. The van der Waals surface area contributed by atoms with Crippen LogP contribution in [-0.2, 0) is 4.79 Å². The molecule has 7 nitrogen and oxygen atoms in total. The number of carbonyl (C=O) groups excluding carboxylic acids is 1. The second-order valence-corrected chi connectivity index (χ2v) is 5.91. The van der Waals surface area contributed by atoms with Crippen LogP contribution in [0.5, 0.6) is 0 Å². The number of nitrogens with one attached hydrogen (secondary N) is 1. The van der Waals surface area contributed by atoms with E-state index >= 15 is 0 Å². The zero-order valence-electron chi connectivity index (χ0n) is 10.7. The Hall–Kier alpha value is -1.12. The number of hydrogen-bond acceptors (Lipinski definition) is 6. The number of rotatable bonds is 7. The van der Waals surface area contributed by atoms with E-state index in [9.17, 15) is 9.90 Å². The molecular formula is C11H18N4O3S. The molecule has 3 N–H and O–H groups in total. The molecule has 0 aromatic carbocycles. The number of nitrogens with zero attached hydrogens (tertiary/aromatic N) is 3. The smallest absolute Gasteiger partial charge is 0.230 e. The van der Waals surface area contributed by atoms with E-state index in [1.807, 2.05) is 4.57 Å². The molecule has 1 saturated carbocycles. The molecule has 0 saturated heterocycles. The van der Waals surface area contributed by atoms with E-state index in [4.69, 9.17) is 5.11 Å². The molecule has 0 aliphatic heterocycles. The van der Waals surface area contributed by atoms with Crippen LogP contribution < -0.4 is 5.32 Å². The summed E-state index contributed by atoms with van der Waals surface area (Å²) in [5.41, 5.74) is -1.28. The van der Waals surface area contributed by atoms with Gasteiger partial charge in [0.05, 0.1) is 12.4 Å². The summed E-state index contributed by atoms with van der Waals surface area (Å²) in [6.07, 6.45) is 3.96. The molecule has 1 amide bonds. The van der Waals surface area contributed by atoms with Crippen LogP contribution in [0.25, 0.3) is 0 Å². The maximum absolute atomic E-state index is 11.6. The molecule has 1 unspecified atom stereocenters. The molecule has 1 heterocycles. The molecular weight excluding hydrogens is 268 g/mol. The number of thioether (sulfide) groups is 1. The van der Waals surface area contributed by atoms with Gasteiger partial charge in [0.1, 0.15) is 11.9 Å². The van der Waals surface area contributed by atoms with Crippen LogP contribution in [0, 0.1) is 0 Å². The molecule has 1 fully saturated rings. The third kappa shape index (κ3) is 4.19. The van der Waals surface area contributed by atoms with Crippen molar-refractivity contribution in [2.75, 3.05) is 18.9 Å². The Kier molecular flexibility index (Phi) is 4.43. The van der Waals surface area contributed by atoms with Crippen molar-refractivity contribution in [3.05, 3.63) is 6.33 Å². The quantitative estimate of drug-likeness (QED) is 0.588. The van der Waals surface area contributed by atoms with Gasteiger partial charge in [0, 0.05) is 12.6 Å². The Morgan fingerprint density at radius 1 is 1.68 bits per heavy atom. The first kappa shape index (κ1) is 14.3. The minimum Gasteiger partial charge on any atom is -0.393 e. The lowest BCUT2D eigenvalue weighted by Gasteiger charge is -2.20. The monoisotopic (exact) mass is 286 g/mol. The third-order valence-electron chi connectivity index (χ3n) is 2.82. The van der Waals surface area contributed by atoms with E-state index in [0.717, 1.165) is 18.0 Å². The van der Waals surface area contributed by atoms with Gasteiger partial charge in [-0.05, 0) is 19.8 Å². The molecule has 8 heteroatoms. The van der Waals surface area contributed by atoms with E-state index in [1.165, 1.54) is 18.7 Å². The van der Waals surface area contributed by atoms with Gasteiger partial charge in [-0.2, -0.15) is 0 Å². The summed E-state index contributed by atoms with van der Waals surface area (Å²) in [5, 5.41) is 29.6. The van der Waals surface area contributed by atoms with Crippen molar-refractivity contribution in [3.63, 3.8) is 0 Å². The van der Waals surface area contributed by atoms with E-state index in [2.05, 4.69) is 15.5 Å². The summed E-state index contributed by atoms with van der Waals surface area (Å²) in [4.78, 5) is 11.6. The lowest BCUT2D eigenvalue weighted by molar-refractivity contribution is -0.120. The highest BCUT2D eigenvalue weighted by Gasteiger charge is 2.26. The lowest BCUT2D eigenvalue weighted by Crippen LogP contribution is -2.43. The van der Waals surface area contributed by atoms with Crippen molar-refractivity contribution in [1.82, 2.24) is 20.1 Å². The van der Waals surface area contributed by atoms with Crippen molar-refractivity contribution in [2.45, 2.75) is 36.6 Å². The molecule has 19 heavy (non-hydrogen) atoms. The highest BCUT2D eigenvalue weighted by atomic mass is 32.2. The first-order chi connectivity index (χ1) is 9.02. The first-order valence-corrected chi connectivity index (χ1v) is 7.12. The van der Waals surface area contributed by atoms with Gasteiger partial charge in [0.25, 0.3) is 0 Å². The van der Waals surface area contributed by atoms with Gasteiger partial charge < -0.3 is 20.1 Å². The maximum atomic E-state index is 11.6. The summed E-state index contributed by atoms with van der Waals surface area (Å²) in [6, 6.07) is 0.482. The summed E-state index contributed by atoms with van der Waals surface area (Å²) in [6.45, 7) is 1.10. The molecule has 2 rings (SSSR count). The number of aromatic nitrogens is 3. The zero-order valence-corrected chi connectivity index (χ0v) is 11.6. The molecule has 1 aliphatic carbocycles. The molecule has 0 bridgehead atoms. The summed E-state index contributed by atoms with van der Waals surface area (Å²) < 4.78 is 1.99. The van der Waals surface area contributed by atoms with Gasteiger partial charge in [0.2, 0.25) is 5.91 Å². The first-order valence-electron chi connectivity index (χ1n) is 6.14. The molecule has 1 aliphatic rings. The number of hydrogen-bond donors (Lipinski definition) is 3. The van der Waals surface area contributed by atoms with Gasteiger partial charge >= 0.3 is 0 Å². The van der Waals surface area contributed by atoms with E-state index in [1.54, 1.807) is 6.33 Å². The molecule has 1 aromatic heterocycles. The topological polar surface area (TPSA) is 100 Å². The normalized spacial score (nSPS) is 18.1. The van der Waals surface area contributed by atoms with Gasteiger partial charge in [-0.1, -0.05) is 11.8 Å². The van der Waals surface area contributed by atoms with Crippen LogP contribution in [0.4, 0.5) is 0 Å². The average Bonchev–Trinajstić information content (AvgIpc) is 3.13. The molecule has 106 valence electrons. The number of aliphatic hydroxyl groups excluding tert-OH is 1. The second kappa shape index (κ2) is 5.89. The fraction of sp³-hybridized carbons (Fsp3) is 0.727. The van der Waals surface area contributed by atoms with Crippen molar-refractivity contribution in [1.29, 1.82) is 0 Å². The van der Waals surface area contributed by atoms with Gasteiger partial charge in [-0.3, -0.25) is 4.79 Å². The Morgan fingerprint density at radius 3 is 3.05 bits per heavy atom. The molecule has 0 spiro atoms.